The summed E-state index contributed by atoms with van der Waals surface area (Å²) in [6, 6.07) is 7.66. The molecule has 0 saturated carbocycles. The second kappa shape index (κ2) is 4.37. The fourth-order valence-electron chi connectivity index (χ4n) is 1.64. The average molecular weight is 231 g/mol. The number of para-hydroxylation sites is 1. The van der Waals surface area contributed by atoms with Crippen molar-refractivity contribution in [2.45, 2.75) is 19.8 Å². The van der Waals surface area contributed by atoms with E-state index in [1.54, 1.807) is 11.6 Å². The summed E-state index contributed by atoms with van der Waals surface area (Å²) in [7, 11) is 0. The number of carboxylic acid groups (broad SMARTS) is 1. The van der Waals surface area contributed by atoms with Crippen molar-refractivity contribution in [3.05, 3.63) is 42.0 Å². The molecule has 0 bridgehead atoms. The molecule has 0 radical (unpaired) electrons. The van der Waals surface area contributed by atoms with Gasteiger partial charge in [0.15, 0.2) is 0 Å². The third-order valence-corrected chi connectivity index (χ3v) is 2.68. The van der Waals surface area contributed by atoms with E-state index in [1.165, 1.54) is 6.33 Å². The molecule has 0 saturated heterocycles. The minimum absolute atomic E-state index is 0.437. The van der Waals surface area contributed by atoms with Gasteiger partial charge in [0.05, 0.1) is 5.69 Å². The van der Waals surface area contributed by atoms with Gasteiger partial charge in [0.25, 0.3) is 0 Å². The van der Waals surface area contributed by atoms with Crippen LogP contribution in [0.2, 0.25) is 0 Å². The number of hydrogen-bond donors (Lipinski definition) is 1. The number of aromatic nitrogens is 3. The molecule has 1 unspecified atom stereocenters. The zero-order chi connectivity index (χ0) is 12.4. The molecule has 0 spiro atoms. The first-order chi connectivity index (χ1) is 8.11. The summed E-state index contributed by atoms with van der Waals surface area (Å²) in [5.41, 5.74) is 1.88. The minimum Gasteiger partial charge on any atom is -0.481 e. The summed E-state index contributed by atoms with van der Waals surface area (Å²) < 4.78 is 1.58. The molecule has 5 nitrogen and oxygen atoms in total. The van der Waals surface area contributed by atoms with Crippen molar-refractivity contribution in [2.75, 3.05) is 0 Å². The van der Waals surface area contributed by atoms with Crippen LogP contribution in [0.5, 0.6) is 0 Å². The van der Waals surface area contributed by atoms with Gasteiger partial charge in [-0.3, -0.25) is 4.79 Å². The van der Waals surface area contributed by atoms with Crippen molar-refractivity contribution in [3.8, 4) is 5.69 Å². The number of nitrogens with zero attached hydrogens (tertiary/aromatic N) is 3. The third-order valence-electron chi connectivity index (χ3n) is 2.68. The molecular weight excluding hydrogens is 218 g/mol. The first-order valence-corrected chi connectivity index (χ1v) is 5.30. The quantitative estimate of drug-likeness (QED) is 0.874. The molecule has 2 rings (SSSR count). The summed E-state index contributed by atoms with van der Waals surface area (Å²) >= 11 is 0. The lowest BCUT2D eigenvalue weighted by atomic mass is 10.1. The van der Waals surface area contributed by atoms with Crippen LogP contribution in [-0.2, 0) is 4.79 Å². The number of carboxylic acids is 1. The lowest BCUT2D eigenvalue weighted by molar-refractivity contribution is -0.138. The van der Waals surface area contributed by atoms with Crippen LogP contribution in [0.3, 0.4) is 0 Å². The summed E-state index contributed by atoms with van der Waals surface area (Å²) in [4.78, 5) is 15.0. The monoisotopic (exact) mass is 231 g/mol. The highest BCUT2D eigenvalue weighted by atomic mass is 16.4. The number of carbonyl (C=O) groups is 1. The van der Waals surface area contributed by atoms with Gasteiger partial charge in [-0.05, 0) is 25.5 Å². The van der Waals surface area contributed by atoms with Gasteiger partial charge in [0.2, 0.25) is 0 Å². The highest BCUT2D eigenvalue weighted by Gasteiger charge is 2.21. The van der Waals surface area contributed by atoms with Crippen molar-refractivity contribution in [1.29, 1.82) is 0 Å². The lowest BCUT2D eigenvalue weighted by Gasteiger charge is -2.10. The maximum Gasteiger partial charge on any atom is 0.313 e. The van der Waals surface area contributed by atoms with Crippen molar-refractivity contribution in [1.82, 2.24) is 14.8 Å². The largest absolute Gasteiger partial charge is 0.481 e. The number of benzene rings is 1. The third kappa shape index (κ3) is 2.04. The van der Waals surface area contributed by atoms with E-state index in [0.29, 0.717) is 5.82 Å². The van der Waals surface area contributed by atoms with Crippen LogP contribution in [0.25, 0.3) is 5.69 Å². The molecule has 5 heteroatoms. The first-order valence-electron chi connectivity index (χ1n) is 5.30. The van der Waals surface area contributed by atoms with Gasteiger partial charge in [-0.25, -0.2) is 9.67 Å². The Kier molecular flexibility index (Phi) is 2.91. The Hall–Kier alpha value is -2.17. The van der Waals surface area contributed by atoms with Gasteiger partial charge in [-0.1, -0.05) is 18.2 Å². The summed E-state index contributed by atoms with van der Waals surface area (Å²) in [6.07, 6.45) is 1.38. The molecule has 0 fully saturated rings. The number of hydrogen-bond acceptors (Lipinski definition) is 3. The molecule has 0 aliphatic heterocycles. The van der Waals surface area contributed by atoms with Crippen LogP contribution in [-0.4, -0.2) is 25.8 Å². The minimum atomic E-state index is -0.909. The molecule has 1 aromatic carbocycles. The van der Waals surface area contributed by atoms with Crippen LogP contribution >= 0.6 is 0 Å². The van der Waals surface area contributed by atoms with Gasteiger partial charge in [0.1, 0.15) is 18.1 Å². The Morgan fingerprint density at radius 3 is 2.76 bits per heavy atom. The van der Waals surface area contributed by atoms with E-state index >= 15 is 0 Å². The zero-order valence-electron chi connectivity index (χ0n) is 9.66. The molecule has 1 aromatic heterocycles. The van der Waals surface area contributed by atoms with E-state index in [4.69, 9.17) is 5.11 Å². The van der Waals surface area contributed by atoms with Gasteiger partial charge >= 0.3 is 5.97 Å². The Bertz CT molecular complexity index is 548. The molecule has 0 amide bonds. The Morgan fingerprint density at radius 2 is 2.12 bits per heavy atom. The highest BCUT2D eigenvalue weighted by Crippen LogP contribution is 2.19. The van der Waals surface area contributed by atoms with Gasteiger partial charge in [0, 0.05) is 0 Å². The van der Waals surface area contributed by atoms with Crippen LogP contribution in [0.15, 0.2) is 30.6 Å². The standard InChI is InChI=1S/C12H13N3O2/c1-8-5-3-4-6-10(8)15-11(13-7-14-15)9(2)12(16)17/h3-7,9H,1-2H3,(H,16,17). The number of rotatable bonds is 3. The number of aliphatic carboxylic acids is 1. The molecule has 0 aliphatic carbocycles. The topological polar surface area (TPSA) is 68.0 Å². The van der Waals surface area contributed by atoms with Crippen LogP contribution in [0, 0.1) is 6.92 Å². The van der Waals surface area contributed by atoms with E-state index in [9.17, 15) is 4.79 Å². The van der Waals surface area contributed by atoms with E-state index in [2.05, 4.69) is 10.1 Å². The van der Waals surface area contributed by atoms with Crippen LogP contribution in [0.1, 0.15) is 24.2 Å². The second-order valence-electron chi connectivity index (χ2n) is 3.88. The second-order valence-corrected chi connectivity index (χ2v) is 3.88. The van der Waals surface area contributed by atoms with E-state index in [0.717, 1.165) is 11.3 Å². The Labute approximate surface area is 98.7 Å². The summed E-state index contributed by atoms with van der Waals surface area (Å²) in [5.74, 6) is -1.16. The first kappa shape index (κ1) is 11.3. The van der Waals surface area contributed by atoms with Crippen molar-refractivity contribution in [3.63, 3.8) is 0 Å². The van der Waals surface area contributed by atoms with Gasteiger partial charge in [-0.15, -0.1) is 0 Å². The SMILES string of the molecule is Cc1ccccc1-n1ncnc1C(C)C(=O)O. The van der Waals surface area contributed by atoms with Crippen molar-refractivity contribution in [2.24, 2.45) is 0 Å². The predicted molar refractivity (Wildman–Crippen MR) is 62.1 cm³/mol. The van der Waals surface area contributed by atoms with E-state index in [-0.39, 0.29) is 0 Å². The normalized spacial score (nSPS) is 12.4. The smallest absolute Gasteiger partial charge is 0.313 e. The summed E-state index contributed by atoms with van der Waals surface area (Å²) in [6.45, 7) is 3.55. The maximum absolute atomic E-state index is 11.0. The fourth-order valence-corrected chi connectivity index (χ4v) is 1.64. The van der Waals surface area contributed by atoms with Crippen molar-refractivity contribution < 1.29 is 9.90 Å². The van der Waals surface area contributed by atoms with Gasteiger partial charge < -0.3 is 5.11 Å². The highest BCUT2D eigenvalue weighted by molar-refractivity contribution is 5.74. The van der Waals surface area contributed by atoms with Crippen molar-refractivity contribution >= 4 is 5.97 Å². The number of aryl methyl sites for hydroxylation is 1. The average Bonchev–Trinajstić information content (AvgIpc) is 2.77. The van der Waals surface area contributed by atoms with Crippen LogP contribution in [0.4, 0.5) is 0 Å². The lowest BCUT2D eigenvalue weighted by Crippen LogP contribution is -2.14. The van der Waals surface area contributed by atoms with E-state index in [1.807, 2.05) is 31.2 Å². The molecular formula is C12H13N3O2. The fraction of sp³-hybridized carbons (Fsp3) is 0.250. The van der Waals surface area contributed by atoms with E-state index < -0.39 is 11.9 Å². The van der Waals surface area contributed by atoms with Crippen LogP contribution < -0.4 is 0 Å². The molecule has 1 N–H and O–H groups in total. The molecule has 1 heterocycles. The zero-order valence-corrected chi connectivity index (χ0v) is 9.66. The maximum atomic E-state index is 11.0. The predicted octanol–water partition coefficient (Wildman–Crippen LogP) is 1.76. The Morgan fingerprint density at radius 1 is 1.41 bits per heavy atom. The molecule has 1 atom stereocenters. The molecule has 0 aliphatic rings. The molecule has 2 aromatic rings. The Balaban J connectivity index is 2.51. The molecule has 88 valence electrons. The van der Waals surface area contributed by atoms with Gasteiger partial charge in [-0.2, -0.15) is 5.10 Å². The molecule has 17 heavy (non-hydrogen) atoms. The summed E-state index contributed by atoms with van der Waals surface area (Å²) in [5, 5.41) is 13.1.